The largest absolute Gasteiger partial charge is 0.450 e. The third-order valence-corrected chi connectivity index (χ3v) is 4.06. The van der Waals surface area contributed by atoms with E-state index >= 15 is 0 Å². The molecule has 104 valence electrons. The number of furan rings is 1. The van der Waals surface area contributed by atoms with Gasteiger partial charge in [-0.05, 0) is 47.0 Å². The van der Waals surface area contributed by atoms with Crippen molar-refractivity contribution in [2.24, 2.45) is 5.41 Å². The van der Waals surface area contributed by atoms with Gasteiger partial charge in [-0.25, -0.2) is 0 Å². The van der Waals surface area contributed by atoms with E-state index in [-0.39, 0.29) is 17.9 Å². The van der Waals surface area contributed by atoms with Crippen molar-refractivity contribution in [1.29, 1.82) is 0 Å². The molecule has 0 spiro atoms. The molecule has 1 fully saturated rings. The van der Waals surface area contributed by atoms with Crippen LogP contribution in [0.2, 0.25) is 0 Å². The van der Waals surface area contributed by atoms with Crippen molar-refractivity contribution in [1.82, 2.24) is 5.32 Å². The third-order valence-electron chi connectivity index (χ3n) is 3.63. The maximum Gasteiger partial charge on any atom is 0.244 e. The fraction of sp³-hybridized carbons (Fsp3) is 0.500. The molecule has 1 aliphatic carbocycles. The van der Waals surface area contributed by atoms with Gasteiger partial charge < -0.3 is 14.8 Å². The second-order valence-corrected chi connectivity index (χ2v) is 5.84. The molecule has 0 bridgehead atoms. The molecule has 0 aliphatic heterocycles. The van der Waals surface area contributed by atoms with E-state index in [0.717, 1.165) is 25.7 Å². The van der Waals surface area contributed by atoms with Gasteiger partial charge in [-0.3, -0.25) is 4.79 Å². The van der Waals surface area contributed by atoms with Crippen molar-refractivity contribution < 1.29 is 14.3 Å². The van der Waals surface area contributed by atoms with Crippen LogP contribution in [0.1, 0.15) is 31.4 Å². The SMILES string of the molecule is O=C(/C=C/c1ccc(Br)o1)NCC1(CO)CCCC1. The molecule has 0 unspecified atom stereocenters. The first-order chi connectivity index (χ1) is 9.13. The van der Waals surface area contributed by atoms with E-state index in [1.165, 1.54) is 6.08 Å². The van der Waals surface area contributed by atoms with Crippen LogP contribution in [-0.4, -0.2) is 24.2 Å². The molecule has 0 radical (unpaired) electrons. The number of carbonyl (C=O) groups excluding carboxylic acids is 1. The van der Waals surface area contributed by atoms with E-state index < -0.39 is 0 Å². The van der Waals surface area contributed by atoms with Crippen LogP contribution in [0.3, 0.4) is 0 Å². The zero-order valence-electron chi connectivity index (χ0n) is 10.7. The zero-order chi connectivity index (χ0) is 13.7. The van der Waals surface area contributed by atoms with Crippen molar-refractivity contribution in [3.05, 3.63) is 28.6 Å². The summed E-state index contributed by atoms with van der Waals surface area (Å²) in [5.41, 5.74) is -0.114. The number of hydrogen-bond donors (Lipinski definition) is 2. The molecule has 5 heteroatoms. The summed E-state index contributed by atoms with van der Waals surface area (Å²) in [7, 11) is 0. The summed E-state index contributed by atoms with van der Waals surface area (Å²) in [5.74, 6) is 0.465. The summed E-state index contributed by atoms with van der Waals surface area (Å²) < 4.78 is 5.90. The monoisotopic (exact) mass is 327 g/mol. The molecular weight excluding hydrogens is 310 g/mol. The van der Waals surface area contributed by atoms with Gasteiger partial charge >= 0.3 is 0 Å². The number of aliphatic hydroxyl groups is 1. The van der Waals surface area contributed by atoms with E-state index in [9.17, 15) is 9.90 Å². The third kappa shape index (κ3) is 3.94. The van der Waals surface area contributed by atoms with Crippen LogP contribution in [-0.2, 0) is 4.79 Å². The van der Waals surface area contributed by atoms with E-state index in [0.29, 0.717) is 17.0 Å². The van der Waals surface area contributed by atoms with E-state index in [4.69, 9.17) is 4.42 Å². The maximum atomic E-state index is 11.7. The number of rotatable bonds is 5. The minimum atomic E-state index is -0.160. The van der Waals surface area contributed by atoms with Gasteiger partial charge in [0.1, 0.15) is 5.76 Å². The lowest BCUT2D eigenvalue weighted by Crippen LogP contribution is -2.37. The predicted molar refractivity (Wildman–Crippen MR) is 76.4 cm³/mol. The van der Waals surface area contributed by atoms with Crippen LogP contribution >= 0.6 is 15.9 Å². The molecule has 1 saturated carbocycles. The Bertz CT molecular complexity index is 461. The van der Waals surface area contributed by atoms with Gasteiger partial charge in [-0.15, -0.1) is 0 Å². The molecule has 2 N–H and O–H groups in total. The average molecular weight is 328 g/mol. The fourth-order valence-electron chi connectivity index (χ4n) is 2.43. The van der Waals surface area contributed by atoms with Crippen molar-refractivity contribution >= 4 is 27.9 Å². The second-order valence-electron chi connectivity index (χ2n) is 5.06. The Kier molecular flexibility index (Phi) is 4.82. The van der Waals surface area contributed by atoms with Gasteiger partial charge in [0.15, 0.2) is 4.67 Å². The summed E-state index contributed by atoms with van der Waals surface area (Å²) in [6.45, 7) is 0.677. The van der Waals surface area contributed by atoms with Gasteiger partial charge in [0.25, 0.3) is 0 Å². The first-order valence-electron chi connectivity index (χ1n) is 6.46. The van der Waals surface area contributed by atoms with Crippen LogP contribution in [0.5, 0.6) is 0 Å². The Morgan fingerprint density at radius 1 is 1.47 bits per heavy atom. The highest BCUT2D eigenvalue weighted by atomic mass is 79.9. The lowest BCUT2D eigenvalue weighted by atomic mass is 9.87. The average Bonchev–Trinajstić information content (AvgIpc) is 3.04. The van der Waals surface area contributed by atoms with Crippen LogP contribution in [0.25, 0.3) is 6.08 Å². The van der Waals surface area contributed by atoms with Gasteiger partial charge in [-0.2, -0.15) is 0 Å². The summed E-state index contributed by atoms with van der Waals surface area (Å²) in [6.07, 6.45) is 7.31. The Hall–Kier alpha value is -1.07. The molecule has 4 nitrogen and oxygen atoms in total. The van der Waals surface area contributed by atoms with Gasteiger partial charge in [0.05, 0.1) is 6.61 Å². The summed E-state index contributed by atoms with van der Waals surface area (Å²) in [4.78, 5) is 11.7. The van der Waals surface area contributed by atoms with Crippen LogP contribution in [0.15, 0.2) is 27.3 Å². The predicted octanol–water partition coefficient (Wildman–Crippen LogP) is 2.72. The lowest BCUT2D eigenvalue weighted by Gasteiger charge is -2.26. The minimum Gasteiger partial charge on any atom is -0.450 e. The lowest BCUT2D eigenvalue weighted by molar-refractivity contribution is -0.117. The highest BCUT2D eigenvalue weighted by Crippen LogP contribution is 2.36. The highest BCUT2D eigenvalue weighted by molar-refractivity contribution is 9.10. The molecule has 1 aromatic heterocycles. The van der Waals surface area contributed by atoms with Crippen molar-refractivity contribution in [2.75, 3.05) is 13.2 Å². The Morgan fingerprint density at radius 3 is 2.79 bits per heavy atom. The number of nitrogens with one attached hydrogen (secondary N) is 1. The summed E-state index contributed by atoms with van der Waals surface area (Å²) >= 11 is 3.20. The minimum absolute atomic E-state index is 0.114. The highest BCUT2D eigenvalue weighted by Gasteiger charge is 2.33. The molecule has 1 aliphatic rings. The molecule has 2 rings (SSSR count). The maximum absolute atomic E-state index is 11.7. The number of aliphatic hydroxyl groups excluding tert-OH is 1. The molecule has 1 heterocycles. The zero-order valence-corrected chi connectivity index (χ0v) is 12.3. The molecule has 19 heavy (non-hydrogen) atoms. The standard InChI is InChI=1S/C14H18BrNO3/c15-12-5-3-11(19-12)4-6-13(18)16-9-14(10-17)7-1-2-8-14/h3-6,17H,1-2,7-10H2,(H,16,18)/b6-4+. The quantitative estimate of drug-likeness (QED) is 0.817. The van der Waals surface area contributed by atoms with Gasteiger partial charge in [0, 0.05) is 18.0 Å². The molecule has 0 saturated heterocycles. The van der Waals surface area contributed by atoms with Gasteiger partial charge in [-0.1, -0.05) is 12.8 Å². The van der Waals surface area contributed by atoms with E-state index in [1.807, 2.05) is 0 Å². The first-order valence-corrected chi connectivity index (χ1v) is 7.25. The number of carbonyl (C=O) groups is 1. The molecule has 0 atom stereocenters. The van der Waals surface area contributed by atoms with Crippen molar-refractivity contribution in [2.45, 2.75) is 25.7 Å². The van der Waals surface area contributed by atoms with Crippen LogP contribution < -0.4 is 5.32 Å². The van der Waals surface area contributed by atoms with E-state index in [2.05, 4.69) is 21.2 Å². The Morgan fingerprint density at radius 2 is 2.21 bits per heavy atom. The Labute approximate surface area is 121 Å². The van der Waals surface area contributed by atoms with Crippen LogP contribution in [0, 0.1) is 5.41 Å². The number of amides is 1. The molecule has 1 aromatic rings. The van der Waals surface area contributed by atoms with Crippen LogP contribution in [0.4, 0.5) is 0 Å². The summed E-state index contributed by atoms with van der Waals surface area (Å²) in [6, 6.07) is 3.55. The topological polar surface area (TPSA) is 62.5 Å². The first kappa shape index (κ1) is 14.3. The fourth-order valence-corrected chi connectivity index (χ4v) is 2.74. The van der Waals surface area contributed by atoms with Crippen molar-refractivity contribution in [3.8, 4) is 0 Å². The number of halogens is 1. The second kappa shape index (κ2) is 6.39. The van der Waals surface area contributed by atoms with Crippen molar-refractivity contribution in [3.63, 3.8) is 0 Å². The summed E-state index contributed by atoms with van der Waals surface area (Å²) in [5, 5.41) is 12.3. The molecular formula is C14H18BrNO3. The molecule has 0 aromatic carbocycles. The smallest absolute Gasteiger partial charge is 0.244 e. The Balaban J connectivity index is 1.83. The van der Waals surface area contributed by atoms with Gasteiger partial charge in [0.2, 0.25) is 5.91 Å². The number of hydrogen-bond acceptors (Lipinski definition) is 3. The van der Waals surface area contributed by atoms with E-state index in [1.54, 1.807) is 18.2 Å². The molecule has 1 amide bonds. The normalized spacial score (nSPS) is 18.0.